The highest BCUT2D eigenvalue weighted by Crippen LogP contribution is 2.23. The quantitative estimate of drug-likeness (QED) is 0.882. The largest absolute Gasteiger partial charge is 0.325 e. The summed E-state index contributed by atoms with van der Waals surface area (Å²) in [5.74, 6) is 0.820. The molecule has 0 bridgehead atoms. The first kappa shape index (κ1) is 15.0. The minimum atomic E-state index is -0.147. The van der Waals surface area contributed by atoms with Gasteiger partial charge < -0.3 is 10.6 Å². The number of rotatable bonds is 4. The molecule has 1 aromatic rings. The minimum Gasteiger partial charge on any atom is -0.325 e. The molecule has 0 heterocycles. The van der Waals surface area contributed by atoms with Gasteiger partial charge in [0, 0.05) is 11.7 Å². The van der Waals surface area contributed by atoms with Crippen molar-refractivity contribution in [1.82, 2.24) is 5.32 Å². The summed E-state index contributed by atoms with van der Waals surface area (Å²) in [6.45, 7) is 6.29. The maximum atomic E-state index is 12.2. The highest BCUT2D eigenvalue weighted by Gasteiger charge is 2.22. The van der Waals surface area contributed by atoms with Crippen LogP contribution in [-0.4, -0.2) is 18.0 Å². The van der Waals surface area contributed by atoms with Crippen molar-refractivity contribution in [2.75, 3.05) is 5.32 Å². The van der Waals surface area contributed by atoms with Gasteiger partial charge in [0.1, 0.15) is 0 Å². The zero-order valence-corrected chi connectivity index (χ0v) is 12.8. The molecule has 1 amide bonds. The first-order valence-electron chi connectivity index (χ1n) is 7.68. The van der Waals surface area contributed by atoms with Crippen LogP contribution in [0.2, 0.25) is 0 Å². The average Bonchev–Trinajstić information content (AvgIpc) is 2.41. The summed E-state index contributed by atoms with van der Waals surface area (Å²) in [6.07, 6.45) is 4.96. The Hall–Kier alpha value is -1.35. The molecule has 2 N–H and O–H groups in total. The lowest BCUT2D eigenvalue weighted by Gasteiger charge is -2.29. The van der Waals surface area contributed by atoms with Crippen LogP contribution in [0.4, 0.5) is 5.69 Å². The zero-order chi connectivity index (χ0) is 14.5. The maximum Gasteiger partial charge on any atom is 0.241 e. The number of benzene rings is 1. The topological polar surface area (TPSA) is 41.1 Å². The summed E-state index contributed by atoms with van der Waals surface area (Å²) in [5, 5.41) is 6.44. The molecule has 0 radical (unpaired) electrons. The molecule has 0 saturated heterocycles. The number of carbonyl (C=O) groups is 1. The van der Waals surface area contributed by atoms with E-state index in [0.29, 0.717) is 6.04 Å². The normalized spacial score (nSPS) is 24.1. The van der Waals surface area contributed by atoms with Crippen LogP contribution in [0.25, 0.3) is 0 Å². The van der Waals surface area contributed by atoms with E-state index in [1.54, 1.807) is 0 Å². The predicted molar refractivity (Wildman–Crippen MR) is 83.8 cm³/mol. The number of aryl methyl sites for hydroxylation is 1. The van der Waals surface area contributed by atoms with Gasteiger partial charge in [0.25, 0.3) is 0 Å². The number of anilines is 1. The van der Waals surface area contributed by atoms with Gasteiger partial charge >= 0.3 is 0 Å². The Labute approximate surface area is 122 Å². The third-order valence-electron chi connectivity index (χ3n) is 4.13. The van der Waals surface area contributed by atoms with E-state index in [9.17, 15) is 4.79 Å². The summed E-state index contributed by atoms with van der Waals surface area (Å²) in [6, 6.07) is 8.25. The smallest absolute Gasteiger partial charge is 0.241 e. The van der Waals surface area contributed by atoms with Crippen molar-refractivity contribution in [1.29, 1.82) is 0 Å². The maximum absolute atomic E-state index is 12.2. The van der Waals surface area contributed by atoms with Crippen molar-refractivity contribution in [3.8, 4) is 0 Å². The second kappa shape index (κ2) is 6.89. The molecule has 1 aromatic carbocycles. The number of hydrogen-bond acceptors (Lipinski definition) is 2. The highest BCUT2D eigenvalue weighted by atomic mass is 16.2. The lowest BCUT2D eigenvalue weighted by atomic mass is 9.87. The van der Waals surface area contributed by atoms with E-state index in [-0.39, 0.29) is 11.9 Å². The van der Waals surface area contributed by atoms with Gasteiger partial charge in [-0.3, -0.25) is 4.79 Å². The van der Waals surface area contributed by atoms with Crippen LogP contribution in [0.1, 0.15) is 45.1 Å². The Balaban J connectivity index is 1.83. The Morgan fingerprint density at radius 1 is 1.25 bits per heavy atom. The van der Waals surface area contributed by atoms with E-state index < -0.39 is 0 Å². The van der Waals surface area contributed by atoms with Crippen molar-refractivity contribution >= 4 is 11.6 Å². The van der Waals surface area contributed by atoms with E-state index in [2.05, 4.69) is 17.6 Å². The minimum absolute atomic E-state index is 0.0482. The molecular formula is C17H26N2O. The van der Waals surface area contributed by atoms with Crippen LogP contribution in [0.5, 0.6) is 0 Å². The summed E-state index contributed by atoms with van der Waals surface area (Å²) < 4.78 is 0. The summed E-state index contributed by atoms with van der Waals surface area (Å²) in [4.78, 5) is 12.2. The molecule has 0 spiro atoms. The van der Waals surface area contributed by atoms with Gasteiger partial charge in [-0.25, -0.2) is 0 Å². The predicted octanol–water partition coefficient (Wildman–Crippen LogP) is 3.49. The van der Waals surface area contributed by atoms with Gasteiger partial charge in [-0.15, -0.1) is 0 Å². The van der Waals surface area contributed by atoms with E-state index in [1.165, 1.54) is 31.2 Å². The molecule has 3 heteroatoms. The molecule has 1 fully saturated rings. The standard InChI is InChI=1S/C17H26N2O/c1-12-7-9-15(10-8-12)19-17(20)14(3)18-16-6-4-5-13(2)11-16/h7-10,13-14,16,18H,4-6,11H2,1-3H3,(H,19,20). The third kappa shape index (κ3) is 4.34. The molecule has 1 aliphatic rings. The molecule has 0 aromatic heterocycles. The van der Waals surface area contributed by atoms with Crippen molar-refractivity contribution < 1.29 is 4.79 Å². The molecule has 2 rings (SSSR count). The van der Waals surface area contributed by atoms with E-state index in [4.69, 9.17) is 0 Å². The molecule has 3 atom stereocenters. The molecule has 3 nitrogen and oxygen atoms in total. The molecular weight excluding hydrogens is 248 g/mol. The van der Waals surface area contributed by atoms with Crippen molar-refractivity contribution in [3.63, 3.8) is 0 Å². The fourth-order valence-electron chi connectivity index (χ4n) is 2.90. The summed E-state index contributed by atoms with van der Waals surface area (Å²) in [7, 11) is 0. The Morgan fingerprint density at radius 2 is 1.95 bits per heavy atom. The van der Waals surface area contributed by atoms with Crippen LogP contribution in [0, 0.1) is 12.8 Å². The second-order valence-electron chi connectivity index (χ2n) is 6.21. The lowest BCUT2D eigenvalue weighted by molar-refractivity contribution is -0.118. The lowest BCUT2D eigenvalue weighted by Crippen LogP contribution is -2.45. The number of nitrogens with one attached hydrogen (secondary N) is 2. The first-order chi connectivity index (χ1) is 9.54. The van der Waals surface area contributed by atoms with Crippen molar-refractivity contribution in [3.05, 3.63) is 29.8 Å². The monoisotopic (exact) mass is 274 g/mol. The van der Waals surface area contributed by atoms with Crippen LogP contribution < -0.4 is 10.6 Å². The Bertz CT molecular complexity index is 441. The van der Waals surface area contributed by atoms with E-state index in [1.807, 2.05) is 38.1 Å². The fourth-order valence-corrected chi connectivity index (χ4v) is 2.90. The van der Waals surface area contributed by atoms with Gasteiger partial charge in [-0.1, -0.05) is 37.5 Å². The fraction of sp³-hybridized carbons (Fsp3) is 0.588. The molecule has 110 valence electrons. The van der Waals surface area contributed by atoms with Gasteiger partial charge in [-0.05, 0) is 44.7 Å². The van der Waals surface area contributed by atoms with Crippen LogP contribution in [-0.2, 0) is 4.79 Å². The van der Waals surface area contributed by atoms with Crippen LogP contribution in [0.3, 0.4) is 0 Å². The zero-order valence-electron chi connectivity index (χ0n) is 12.8. The first-order valence-corrected chi connectivity index (χ1v) is 7.68. The van der Waals surface area contributed by atoms with Gasteiger partial charge in [0.15, 0.2) is 0 Å². The van der Waals surface area contributed by atoms with Gasteiger partial charge in [0.2, 0.25) is 5.91 Å². The number of hydrogen-bond donors (Lipinski definition) is 2. The average molecular weight is 274 g/mol. The van der Waals surface area contributed by atoms with Crippen LogP contribution in [0.15, 0.2) is 24.3 Å². The Kier molecular flexibility index (Phi) is 5.18. The third-order valence-corrected chi connectivity index (χ3v) is 4.13. The number of amides is 1. The Morgan fingerprint density at radius 3 is 2.60 bits per heavy atom. The van der Waals surface area contributed by atoms with E-state index in [0.717, 1.165) is 11.6 Å². The second-order valence-corrected chi connectivity index (χ2v) is 6.21. The van der Waals surface area contributed by atoms with Crippen LogP contribution >= 0.6 is 0 Å². The SMILES string of the molecule is Cc1ccc(NC(=O)C(C)NC2CCCC(C)C2)cc1. The molecule has 20 heavy (non-hydrogen) atoms. The van der Waals surface area contributed by atoms with E-state index >= 15 is 0 Å². The van der Waals surface area contributed by atoms with Gasteiger partial charge in [0.05, 0.1) is 6.04 Å². The van der Waals surface area contributed by atoms with Gasteiger partial charge in [-0.2, -0.15) is 0 Å². The molecule has 3 unspecified atom stereocenters. The highest BCUT2D eigenvalue weighted by molar-refractivity contribution is 5.94. The number of carbonyl (C=O) groups excluding carboxylic acids is 1. The molecule has 0 aliphatic heterocycles. The van der Waals surface area contributed by atoms with Crippen molar-refractivity contribution in [2.24, 2.45) is 5.92 Å². The molecule has 1 saturated carbocycles. The molecule has 1 aliphatic carbocycles. The van der Waals surface area contributed by atoms with Crippen molar-refractivity contribution in [2.45, 2.75) is 58.5 Å². The summed E-state index contributed by atoms with van der Waals surface area (Å²) >= 11 is 0. The summed E-state index contributed by atoms with van der Waals surface area (Å²) in [5.41, 5.74) is 2.07.